The quantitative estimate of drug-likeness (QED) is 0.185. The van der Waals surface area contributed by atoms with E-state index in [0.717, 1.165) is 63.1 Å². The van der Waals surface area contributed by atoms with Gasteiger partial charge in [0, 0.05) is 44.8 Å². The van der Waals surface area contributed by atoms with Crippen molar-refractivity contribution in [2.75, 3.05) is 0 Å². The molecule has 0 saturated carbocycles. The van der Waals surface area contributed by atoms with Gasteiger partial charge in [0.1, 0.15) is 0 Å². The van der Waals surface area contributed by atoms with Gasteiger partial charge in [-0.25, -0.2) is 9.97 Å². The summed E-state index contributed by atoms with van der Waals surface area (Å²) in [5, 5.41) is 3.61. The number of aromatic nitrogens is 8. The first-order valence-corrected chi connectivity index (χ1v) is 14.9. The second-order valence-corrected chi connectivity index (χ2v) is 11.1. The zero-order valence-corrected chi connectivity index (χ0v) is 25.1. The Morgan fingerprint density at radius 2 is 0.867 bits per heavy atom. The van der Waals surface area contributed by atoms with Crippen molar-refractivity contribution < 1.29 is 17.1 Å². The summed E-state index contributed by atoms with van der Waals surface area (Å²) in [6.07, 6.45) is 3.24. The molecule has 0 fully saturated rings. The fourth-order valence-corrected chi connectivity index (χ4v) is 6.09. The average molecular weight is 632 g/mol. The molecule has 0 aliphatic carbocycles. The summed E-state index contributed by atoms with van der Waals surface area (Å²) < 4.78 is 0. The van der Waals surface area contributed by atoms with Gasteiger partial charge < -0.3 is 29.9 Å². The number of rotatable bonds is 3. The normalized spacial score (nSPS) is 11.8. The molecule has 9 rings (SSSR count). The Bertz CT molecular complexity index is 2450. The minimum Gasteiger partial charge on any atom is -0.357 e. The van der Waals surface area contributed by atoms with Gasteiger partial charge in [-0.1, -0.05) is 98.3 Å². The van der Waals surface area contributed by atoms with Crippen LogP contribution < -0.4 is 9.97 Å². The average Bonchev–Trinajstić information content (AvgIpc) is 3.79. The summed E-state index contributed by atoms with van der Waals surface area (Å²) in [6, 6.07) is 30.5. The Kier molecular flexibility index (Phi) is 6.52. The molecular weight excluding hydrogens is 608 g/mol. The van der Waals surface area contributed by atoms with E-state index < -0.39 is 0 Å². The molecular formula is C36H24CuN8. The fourth-order valence-electron chi connectivity index (χ4n) is 6.09. The van der Waals surface area contributed by atoms with Crippen molar-refractivity contribution >= 4 is 44.1 Å². The summed E-state index contributed by atoms with van der Waals surface area (Å²) in [5.74, 6) is 2.27. The molecule has 0 unspecified atom stereocenters. The molecule has 1 radical (unpaired) electrons. The number of unbranched alkanes of at least 4 members (excludes halogenated alkanes) is 1. The first-order chi connectivity index (χ1) is 21.7. The molecule has 0 amide bonds. The Morgan fingerprint density at radius 3 is 1.31 bits per heavy atom. The molecule has 4 aromatic carbocycles. The van der Waals surface area contributed by atoms with Crippen LogP contribution in [-0.4, -0.2) is 29.9 Å². The summed E-state index contributed by atoms with van der Waals surface area (Å²) in [5.41, 5.74) is 7.16. The van der Waals surface area contributed by atoms with E-state index in [0.29, 0.717) is 45.9 Å². The van der Waals surface area contributed by atoms with Crippen LogP contribution in [-0.2, 0) is 23.5 Å². The van der Waals surface area contributed by atoms with E-state index in [2.05, 4.69) is 25.1 Å². The summed E-state index contributed by atoms with van der Waals surface area (Å²) >= 11 is 0. The van der Waals surface area contributed by atoms with Crippen molar-refractivity contribution in [1.82, 2.24) is 39.9 Å². The van der Waals surface area contributed by atoms with Crippen molar-refractivity contribution in [2.45, 2.75) is 26.2 Å². The number of hydrogen-bond donors (Lipinski definition) is 0. The van der Waals surface area contributed by atoms with Crippen LogP contribution in [0.25, 0.3) is 89.7 Å². The van der Waals surface area contributed by atoms with Crippen LogP contribution in [0.4, 0.5) is 0 Å². The van der Waals surface area contributed by atoms with Gasteiger partial charge in [0.2, 0.25) is 0 Å². The van der Waals surface area contributed by atoms with Gasteiger partial charge in [-0.3, -0.25) is 0 Å². The third-order valence-corrected chi connectivity index (χ3v) is 8.31. The molecule has 5 heterocycles. The summed E-state index contributed by atoms with van der Waals surface area (Å²) in [6.45, 7) is 2.21. The number of nitrogens with zero attached hydrogens (tertiary/aromatic N) is 8. The zero-order chi connectivity index (χ0) is 29.2. The number of hydrogen-bond acceptors (Lipinski definition) is 6. The van der Waals surface area contributed by atoms with E-state index in [1.807, 2.05) is 72.8 Å². The van der Waals surface area contributed by atoms with E-state index in [-0.39, 0.29) is 17.1 Å². The molecule has 0 N–H and O–H groups in total. The van der Waals surface area contributed by atoms with Crippen molar-refractivity contribution in [3.05, 3.63) is 96.6 Å². The van der Waals surface area contributed by atoms with Crippen LogP contribution in [0.15, 0.2) is 91.0 Å². The Labute approximate surface area is 268 Å². The van der Waals surface area contributed by atoms with E-state index in [4.69, 9.17) is 39.9 Å². The molecule has 2 aliphatic heterocycles. The summed E-state index contributed by atoms with van der Waals surface area (Å²) in [4.78, 5) is 39.9. The second kappa shape index (κ2) is 10.7. The van der Waals surface area contributed by atoms with E-state index >= 15 is 0 Å². The van der Waals surface area contributed by atoms with Crippen LogP contribution in [0.3, 0.4) is 0 Å². The van der Waals surface area contributed by atoms with Crippen LogP contribution in [0, 0.1) is 0 Å². The SMILES string of the molecule is CCCCc1ccc2c(c1)-c1nc-2nc2[n-]c(nc3nc(nc4[n-]c(n1)c1ccccc41)-c1ccccc1-3)c1ccccc21.[Cu+2]. The molecule has 7 aromatic rings. The van der Waals surface area contributed by atoms with E-state index in [1.165, 1.54) is 5.56 Å². The van der Waals surface area contributed by atoms with Crippen LogP contribution in [0.2, 0.25) is 0 Å². The van der Waals surface area contributed by atoms with Gasteiger partial charge in [0.05, 0.1) is 23.3 Å². The zero-order valence-electron chi connectivity index (χ0n) is 24.2. The first-order valence-electron chi connectivity index (χ1n) is 14.9. The molecule has 8 bridgehead atoms. The van der Waals surface area contributed by atoms with Crippen LogP contribution in [0.1, 0.15) is 25.3 Å². The Balaban J connectivity index is 0.00000300. The minimum absolute atomic E-state index is 0. The van der Waals surface area contributed by atoms with Gasteiger partial charge in [0.15, 0.2) is 0 Å². The molecule has 8 nitrogen and oxygen atoms in total. The van der Waals surface area contributed by atoms with Crippen molar-refractivity contribution in [2.24, 2.45) is 0 Å². The number of benzene rings is 4. The van der Waals surface area contributed by atoms with E-state index in [9.17, 15) is 0 Å². The van der Waals surface area contributed by atoms with Gasteiger partial charge in [-0.2, -0.15) is 0 Å². The molecule has 0 spiro atoms. The molecule has 219 valence electrons. The van der Waals surface area contributed by atoms with Crippen molar-refractivity contribution in [3.8, 4) is 45.6 Å². The largest absolute Gasteiger partial charge is 2.00 e. The Morgan fingerprint density at radius 1 is 0.467 bits per heavy atom. The predicted molar refractivity (Wildman–Crippen MR) is 173 cm³/mol. The smallest absolute Gasteiger partial charge is 0.357 e. The van der Waals surface area contributed by atoms with Gasteiger partial charge in [-0.05, 0) is 46.0 Å². The van der Waals surface area contributed by atoms with Gasteiger partial charge >= 0.3 is 17.1 Å². The molecule has 2 aliphatic rings. The summed E-state index contributed by atoms with van der Waals surface area (Å²) in [7, 11) is 0. The maximum atomic E-state index is 5.07. The van der Waals surface area contributed by atoms with Crippen molar-refractivity contribution in [1.29, 1.82) is 0 Å². The van der Waals surface area contributed by atoms with E-state index in [1.54, 1.807) is 0 Å². The third-order valence-electron chi connectivity index (χ3n) is 8.31. The molecule has 0 atom stereocenters. The number of fused-ring (bicyclic) bond motifs is 20. The van der Waals surface area contributed by atoms with Crippen LogP contribution in [0.5, 0.6) is 0 Å². The van der Waals surface area contributed by atoms with Crippen molar-refractivity contribution in [3.63, 3.8) is 0 Å². The van der Waals surface area contributed by atoms with Crippen LogP contribution >= 0.6 is 0 Å². The molecule has 0 saturated heterocycles. The number of aryl methyl sites for hydroxylation is 1. The van der Waals surface area contributed by atoms with Gasteiger partial charge in [0.25, 0.3) is 0 Å². The predicted octanol–water partition coefficient (Wildman–Crippen LogP) is 7.47. The maximum absolute atomic E-state index is 5.07. The molecule has 9 heteroatoms. The maximum Gasteiger partial charge on any atom is 2.00 e. The molecule has 3 aromatic heterocycles. The van der Waals surface area contributed by atoms with Gasteiger partial charge in [-0.15, -0.1) is 0 Å². The minimum atomic E-state index is 0. The standard InChI is InChI=1S/C36H24N8.Cu/c1-2-3-10-20-17-18-27-28(19-20)36-43-34-26-16-9-8-15-25(26)32(41-34)39-30-22-12-5-4-11-21(22)29(37-30)38-31-23-13-6-7-14-24(23)33(40-31)42-35(27)44-36;/h4-9,11-19H,2-3,10H2,1H3;/q-2;+2. The molecule has 45 heavy (non-hydrogen) atoms. The second-order valence-electron chi connectivity index (χ2n) is 11.1. The Hall–Kier alpha value is -5.24. The third kappa shape index (κ3) is 4.43. The fraction of sp³-hybridized carbons (Fsp3) is 0.111. The monoisotopic (exact) mass is 631 g/mol. The topological polar surface area (TPSA) is 106 Å². The first kappa shape index (κ1) is 27.3.